The number of non-ortho nitro benzene ring substituents is 1. The molecule has 0 saturated carbocycles. The van der Waals surface area contributed by atoms with Crippen LogP contribution in [0.15, 0.2) is 40.8 Å². The Morgan fingerprint density at radius 2 is 1.26 bits per heavy atom. The number of rotatable bonds is 2. The largest absolute Gasteiger partial charge is 0.335 e. The van der Waals surface area contributed by atoms with Gasteiger partial charge in [0, 0.05) is 24.3 Å². The van der Waals surface area contributed by atoms with Crippen LogP contribution in [0.25, 0.3) is 11.1 Å². The van der Waals surface area contributed by atoms with Crippen molar-refractivity contribution >= 4 is 5.69 Å². The van der Waals surface area contributed by atoms with Crippen LogP contribution < -0.4 is 0 Å². The van der Waals surface area contributed by atoms with Gasteiger partial charge in [0.05, 0.1) is 15.8 Å². The van der Waals surface area contributed by atoms with Crippen molar-refractivity contribution in [2.75, 3.05) is 0 Å². The number of benzene rings is 1. The zero-order valence-corrected chi connectivity index (χ0v) is 14.6. The third kappa shape index (κ3) is 3.95. The molecule has 4 nitrogen and oxygen atoms in total. The molecule has 1 aromatic carbocycles. The highest BCUT2D eigenvalue weighted by Crippen LogP contribution is 2.34. The third-order valence-corrected chi connectivity index (χ3v) is 3.68. The molecule has 0 amide bonds. The number of nitro groups is 1. The molecule has 2 aromatic rings. The second-order valence-electron chi connectivity index (χ2n) is 7.88. The molecule has 0 unspecified atom stereocenters. The highest BCUT2D eigenvalue weighted by molar-refractivity contribution is 5.65. The summed E-state index contributed by atoms with van der Waals surface area (Å²) in [6.45, 7) is 12.7. The first-order valence-electron chi connectivity index (χ1n) is 7.72. The van der Waals surface area contributed by atoms with E-state index in [1.165, 1.54) is 12.1 Å². The SMILES string of the molecule is CC(C)(C)c1cc(-c2ccc([N+](=O)[O-])cc2)cc(C(C)(C)C)[o+]1. The first-order valence-corrected chi connectivity index (χ1v) is 7.72. The Morgan fingerprint density at radius 3 is 1.61 bits per heavy atom. The second kappa shape index (κ2) is 5.76. The number of nitrogens with zero attached hydrogens (tertiary/aromatic N) is 1. The highest BCUT2D eigenvalue weighted by atomic mass is 16.6. The van der Waals surface area contributed by atoms with Crippen LogP contribution in [0.3, 0.4) is 0 Å². The molecule has 0 radical (unpaired) electrons. The summed E-state index contributed by atoms with van der Waals surface area (Å²) >= 11 is 0. The zero-order chi connectivity index (χ0) is 17.4. The van der Waals surface area contributed by atoms with Gasteiger partial charge in [0.1, 0.15) is 0 Å². The van der Waals surface area contributed by atoms with Crippen molar-refractivity contribution in [1.82, 2.24) is 0 Å². The predicted molar refractivity (Wildman–Crippen MR) is 92.6 cm³/mol. The van der Waals surface area contributed by atoms with Crippen LogP contribution in [0.1, 0.15) is 53.1 Å². The number of nitro benzene ring substituents is 1. The van der Waals surface area contributed by atoms with Crippen molar-refractivity contribution in [1.29, 1.82) is 0 Å². The maximum atomic E-state index is 10.8. The molecule has 0 fully saturated rings. The monoisotopic (exact) mass is 314 g/mol. The summed E-state index contributed by atoms with van der Waals surface area (Å²) in [5.74, 6) is 1.80. The van der Waals surface area contributed by atoms with Crippen LogP contribution in [0.4, 0.5) is 5.69 Å². The lowest BCUT2D eigenvalue weighted by Gasteiger charge is -2.15. The van der Waals surface area contributed by atoms with Crippen LogP contribution in [-0.2, 0) is 10.8 Å². The van der Waals surface area contributed by atoms with E-state index in [1.807, 2.05) is 12.1 Å². The fourth-order valence-corrected chi connectivity index (χ4v) is 2.18. The summed E-state index contributed by atoms with van der Waals surface area (Å²) < 4.78 is 6.12. The van der Waals surface area contributed by atoms with E-state index in [2.05, 4.69) is 41.5 Å². The molecule has 1 aromatic heterocycles. The van der Waals surface area contributed by atoms with Gasteiger partial charge in [0.2, 0.25) is 0 Å². The minimum atomic E-state index is -0.384. The smallest absolute Gasteiger partial charge is 0.258 e. The Labute approximate surface area is 137 Å². The minimum Gasteiger partial charge on any atom is -0.258 e. The molecule has 1 heterocycles. The van der Waals surface area contributed by atoms with Crippen molar-refractivity contribution in [3.8, 4) is 11.1 Å². The van der Waals surface area contributed by atoms with Crippen LogP contribution in [0, 0.1) is 10.1 Å². The first-order chi connectivity index (χ1) is 10.5. The maximum Gasteiger partial charge on any atom is 0.335 e. The van der Waals surface area contributed by atoms with Crippen molar-refractivity contribution in [3.63, 3.8) is 0 Å². The fourth-order valence-electron chi connectivity index (χ4n) is 2.18. The lowest BCUT2D eigenvalue weighted by Crippen LogP contribution is -2.16. The summed E-state index contributed by atoms with van der Waals surface area (Å²) in [6.07, 6.45) is 0. The topological polar surface area (TPSA) is 54.4 Å². The Balaban J connectivity index is 2.59. The normalized spacial score (nSPS) is 12.3. The van der Waals surface area contributed by atoms with Crippen molar-refractivity contribution in [2.24, 2.45) is 0 Å². The van der Waals surface area contributed by atoms with Gasteiger partial charge in [-0.3, -0.25) is 10.1 Å². The van der Waals surface area contributed by atoms with E-state index in [4.69, 9.17) is 4.42 Å². The molecule has 0 N–H and O–H groups in total. The highest BCUT2D eigenvalue weighted by Gasteiger charge is 2.34. The molecule has 0 aliphatic rings. The zero-order valence-electron chi connectivity index (χ0n) is 14.6. The number of hydrogen-bond acceptors (Lipinski definition) is 2. The van der Waals surface area contributed by atoms with E-state index < -0.39 is 0 Å². The average molecular weight is 314 g/mol. The maximum absolute atomic E-state index is 10.8. The molecule has 0 aliphatic carbocycles. The lowest BCUT2D eigenvalue weighted by molar-refractivity contribution is -0.384. The Bertz CT molecular complexity index is 688. The summed E-state index contributed by atoms with van der Waals surface area (Å²) in [4.78, 5) is 10.4. The standard InChI is InChI=1S/C19H24NO3/c1-18(2,3)16-11-14(12-17(23-16)19(4,5)6)13-7-9-15(10-8-13)20(21)22/h7-12H,1-6H3/q+1. The molecule has 0 atom stereocenters. The quantitative estimate of drug-likeness (QED) is 0.404. The summed E-state index contributed by atoms with van der Waals surface area (Å²) in [6, 6.07) is 10.7. The molecule has 2 rings (SSSR count). The molecular weight excluding hydrogens is 290 g/mol. The van der Waals surface area contributed by atoms with Gasteiger partial charge < -0.3 is 0 Å². The Kier molecular flexibility index (Phi) is 4.29. The summed E-state index contributed by atoms with van der Waals surface area (Å²) in [7, 11) is 0. The minimum absolute atomic E-state index is 0.0986. The Hall–Kier alpha value is -2.23. The van der Waals surface area contributed by atoms with Crippen molar-refractivity contribution in [3.05, 3.63) is 58.0 Å². The average Bonchev–Trinajstić information content (AvgIpc) is 2.45. The molecule has 0 saturated heterocycles. The summed E-state index contributed by atoms with van der Waals surface area (Å²) in [5.41, 5.74) is 1.83. The lowest BCUT2D eigenvalue weighted by atomic mass is 9.87. The van der Waals surface area contributed by atoms with E-state index in [9.17, 15) is 10.1 Å². The predicted octanol–water partition coefficient (Wildman–Crippen LogP) is 5.73. The van der Waals surface area contributed by atoms with Crippen LogP contribution in [0.5, 0.6) is 0 Å². The fraction of sp³-hybridized carbons (Fsp3) is 0.421. The molecule has 122 valence electrons. The van der Waals surface area contributed by atoms with Crippen LogP contribution in [0.2, 0.25) is 0 Å². The van der Waals surface area contributed by atoms with E-state index in [0.29, 0.717) is 0 Å². The van der Waals surface area contributed by atoms with Gasteiger partial charge in [0.15, 0.2) is 0 Å². The molecule has 4 heteroatoms. The second-order valence-corrected chi connectivity index (χ2v) is 7.88. The molecule has 0 bridgehead atoms. The van der Waals surface area contributed by atoms with E-state index >= 15 is 0 Å². The molecular formula is C19H24NO3+. The number of hydrogen-bond donors (Lipinski definition) is 0. The first kappa shape index (κ1) is 17.1. The van der Waals surface area contributed by atoms with Gasteiger partial charge in [-0.1, -0.05) is 0 Å². The van der Waals surface area contributed by atoms with Gasteiger partial charge >= 0.3 is 11.5 Å². The van der Waals surface area contributed by atoms with Crippen molar-refractivity contribution < 1.29 is 9.34 Å². The van der Waals surface area contributed by atoms with Gasteiger partial charge in [0.25, 0.3) is 5.69 Å². The van der Waals surface area contributed by atoms with Gasteiger partial charge in [-0.15, -0.1) is 0 Å². The third-order valence-electron chi connectivity index (χ3n) is 3.68. The molecule has 0 spiro atoms. The molecule has 0 aliphatic heterocycles. The van der Waals surface area contributed by atoms with E-state index in [0.717, 1.165) is 22.6 Å². The Morgan fingerprint density at radius 1 is 0.826 bits per heavy atom. The molecule has 23 heavy (non-hydrogen) atoms. The van der Waals surface area contributed by atoms with E-state index in [-0.39, 0.29) is 21.4 Å². The van der Waals surface area contributed by atoms with E-state index in [1.54, 1.807) is 12.1 Å². The van der Waals surface area contributed by atoms with Crippen LogP contribution in [-0.4, -0.2) is 4.92 Å². The van der Waals surface area contributed by atoms with Crippen molar-refractivity contribution in [2.45, 2.75) is 52.4 Å². The summed E-state index contributed by atoms with van der Waals surface area (Å²) in [5, 5.41) is 10.8. The van der Waals surface area contributed by atoms with Gasteiger partial charge in [-0.2, -0.15) is 0 Å². The van der Waals surface area contributed by atoms with Gasteiger partial charge in [-0.25, -0.2) is 4.42 Å². The van der Waals surface area contributed by atoms with Crippen LogP contribution >= 0.6 is 0 Å². The van der Waals surface area contributed by atoms with Gasteiger partial charge in [-0.05, 0) is 64.8 Å².